The van der Waals surface area contributed by atoms with Gasteiger partial charge in [-0.2, -0.15) is 5.11 Å². The van der Waals surface area contributed by atoms with Crippen LogP contribution in [-0.4, -0.2) is 0 Å². The number of nitrogens with zero attached hydrogens (tertiary/aromatic N) is 4. The summed E-state index contributed by atoms with van der Waals surface area (Å²) in [5, 5.41) is 11.2. The van der Waals surface area contributed by atoms with Crippen LogP contribution in [0.3, 0.4) is 0 Å². The third-order valence-corrected chi connectivity index (χ3v) is 2.02. The van der Waals surface area contributed by atoms with Gasteiger partial charge in [0.05, 0.1) is 5.69 Å². The first-order valence-electron chi connectivity index (χ1n) is 4.81. The number of hydrogen-bond acceptors (Lipinski definition) is 3. The van der Waals surface area contributed by atoms with Gasteiger partial charge in [-0.05, 0) is 29.8 Å². The van der Waals surface area contributed by atoms with Crippen LogP contribution >= 0.6 is 0 Å². The Morgan fingerprint density at radius 1 is 0.688 bits per heavy atom. The molecule has 4 nitrogen and oxygen atoms in total. The van der Waals surface area contributed by atoms with E-state index in [4.69, 9.17) is 5.53 Å². The highest BCUT2D eigenvalue weighted by molar-refractivity contribution is 5.60. The van der Waals surface area contributed by atoms with E-state index in [1.807, 2.05) is 36.4 Å². The molecule has 0 aromatic heterocycles. The second-order valence-corrected chi connectivity index (χ2v) is 3.12. The maximum atomic E-state index is 8.74. The van der Waals surface area contributed by atoms with Crippen molar-refractivity contribution in [1.29, 1.82) is 0 Å². The Bertz CT molecular complexity index is 505. The van der Waals surface area contributed by atoms with Gasteiger partial charge >= 0.3 is 0 Å². The normalized spacial score (nSPS) is 10.5. The molecule has 2 aromatic rings. The Morgan fingerprint density at radius 2 is 1.31 bits per heavy atom. The molecule has 16 heavy (non-hydrogen) atoms. The minimum Gasteiger partial charge on any atom is -0.150 e. The summed E-state index contributed by atoms with van der Waals surface area (Å²) in [6, 6.07) is 16.4. The van der Waals surface area contributed by atoms with Crippen LogP contribution in [-0.2, 0) is 0 Å². The molecule has 0 amide bonds. The van der Waals surface area contributed by atoms with Crippen molar-refractivity contribution in [1.82, 2.24) is 5.53 Å². The largest absolute Gasteiger partial charge is 0.150 e. The van der Waals surface area contributed by atoms with E-state index >= 15 is 0 Å². The van der Waals surface area contributed by atoms with Crippen molar-refractivity contribution in [2.24, 2.45) is 15.3 Å². The molecule has 0 atom stereocenters. The highest BCUT2D eigenvalue weighted by Crippen LogP contribution is 2.28. The van der Waals surface area contributed by atoms with Gasteiger partial charge in [-0.15, -0.1) is 10.2 Å². The molecule has 4 heteroatoms. The van der Waals surface area contributed by atoms with Crippen LogP contribution in [0.4, 0.5) is 17.1 Å². The molecule has 0 aliphatic heterocycles. The zero-order chi connectivity index (χ0) is 11.2. The molecule has 0 aliphatic carbocycles. The van der Waals surface area contributed by atoms with Gasteiger partial charge in [0.1, 0.15) is 11.4 Å². The Morgan fingerprint density at radius 3 is 2.00 bits per heavy atom. The second kappa shape index (κ2) is 4.93. The number of hydrogen-bond donors (Lipinski definition) is 0. The van der Waals surface area contributed by atoms with E-state index in [1.54, 1.807) is 18.2 Å². The fourth-order valence-corrected chi connectivity index (χ4v) is 1.24. The summed E-state index contributed by atoms with van der Waals surface area (Å²) in [5.41, 5.74) is 10.4. The molecule has 2 rings (SSSR count). The predicted molar refractivity (Wildman–Crippen MR) is 61.3 cm³/mol. The third kappa shape index (κ3) is 2.36. The predicted octanol–water partition coefficient (Wildman–Crippen LogP) is 3.99. The van der Waals surface area contributed by atoms with Crippen molar-refractivity contribution in [3.05, 3.63) is 54.6 Å². The lowest BCUT2D eigenvalue weighted by molar-refractivity contribution is 1.20. The molecule has 0 saturated heterocycles. The van der Waals surface area contributed by atoms with E-state index in [-0.39, 0.29) is 0 Å². The third-order valence-electron chi connectivity index (χ3n) is 2.02. The maximum Gasteiger partial charge on any atom is 0.115 e. The van der Waals surface area contributed by atoms with Crippen molar-refractivity contribution in [2.45, 2.75) is 0 Å². The van der Waals surface area contributed by atoms with E-state index in [2.05, 4.69) is 15.3 Å². The Balaban J connectivity index is 2.27. The number of benzene rings is 2. The lowest BCUT2D eigenvalue weighted by atomic mass is 10.3. The van der Waals surface area contributed by atoms with E-state index < -0.39 is 0 Å². The standard InChI is InChI=1S/C12H9N4/c13-14-11-8-4-5-9-12(11)16-15-10-6-2-1-3-7-10/h1-9H. The summed E-state index contributed by atoms with van der Waals surface area (Å²) < 4.78 is 0. The van der Waals surface area contributed by atoms with Gasteiger partial charge in [0.25, 0.3) is 0 Å². The quantitative estimate of drug-likeness (QED) is 0.686. The van der Waals surface area contributed by atoms with E-state index in [0.717, 1.165) is 5.69 Å². The minimum atomic E-state index is 0.405. The molecule has 0 fully saturated rings. The van der Waals surface area contributed by atoms with E-state index in [9.17, 15) is 0 Å². The van der Waals surface area contributed by atoms with Gasteiger partial charge in [-0.1, -0.05) is 30.3 Å². The highest BCUT2D eigenvalue weighted by atomic mass is 15.1. The smallest absolute Gasteiger partial charge is 0.115 e. The van der Waals surface area contributed by atoms with Gasteiger partial charge in [-0.25, -0.2) is 0 Å². The summed E-state index contributed by atoms with van der Waals surface area (Å²) in [6.07, 6.45) is 0. The fourth-order valence-electron chi connectivity index (χ4n) is 1.24. The summed E-state index contributed by atoms with van der Waals surface area (Å²) in [7, 11) is 0. The average molecular weight is 209 g/mol. The molecule has 0 N–H and O–H groups in total. The molecule has 0 bridgehead atoms. The van der Waals surface area contributed by atoms with Crippen LogP contribution in [0.2, 0.25) is 0 Å². The van der Waals surface area contributed by atoms with Crippen LogP contribution < -0.4 is 5.53 Å². The molecule has 0 unspecified atom stereocenters. The van der Waals surface area contributed by atoms with Crippen molar-refractivity contribution in [2.75, 3.05) is 0 Å². The van der Waals surface area contributed by atoms with Crippen molar-refractivity contribution >= 4 is 17.1 Å². The summed E-state index contributed by atoms with van der Waals surface area (Å²) in [4.78, 5) is 0. The summed E-state index contributed by atoms with van der Waals surface area (Å²) in [5.74, 6) is 0. The first-order valence-corrected chi connectivity index (χ1v) is 4.81. The molecular formula is C12H9N4. The van der Waals surface area contributed by atoms with Crippen LogP contribution in [0.1, 0.15) is 0 Å². The summed E-state index contributed by atoms with van der Waals surface area (Å²) in [6.45, 7) is 0. The van der Waals surface area contributed by atoms with Crippen LogP contribution in [0.15, 0.2) is 69.9 Å². The average Bonchev–Trinajstić information content (AvgIpc) is 2.38. The van der Waals surface area contributed by atoms with Crippen LogP contribution in [0.25, 0.3) is 0 Å². The zero-order valence-corrected chi connectivity index (χ0v) is 8.49. The zero-order valence-electron chi connectivity index (χ0n) is 8.49. The first-order chi connectivity index (χ1) is 7.90. The minimum absolute atomic E-state index is 0.405. The lowest BCUT2D eigenvalue weighted by Gasteiger charge is -1.95. The molecular weight excluding hydrogens is 200 g/mol. The van der Waals surface area contributed by atoms with Crippen molar-refractivity contribution in [3.8, 4) is 0 Å². The molecule has 0 saturated carbocycles. The molecule has 2 aromatic carbocycles. The molecule has 1 radical (unpaired) electrons. The van der Waals surface area contributed by atoms with E-state index in [1.165, 1.54) is 0 Å². The number of azo groups is 1. The van der Waals surface area contributed by atoms with Gasteiger partial charge in [0.15, 0.2) is 0 Å². The van der Waals surface area contributed by atoms with Crippen molar-refractivity contribution in [3.63, 3.8) is 0 Å². The number of rotatable bonds is 3. The topological polar surface area (TPSA) is 59.4 Å². The molecule has 0 heterocycles. The van der Waals surface area contributed by atoms with Crippen molar-refractivity contribution < 1.29 is 0 Å². The SMILES string of the molecule is [N]=Nc1ccccc1N=Nc1ccccc1. The Hall–Kier alpha value is -2.36. The van der Waals surface area contributed by atoms with Gasteiger partial charge < -0.3 is 0 Å². The van der Waals surface area contributed by atoms with Crippen LogP contribution in [0.5, 0.6) is 0 Å². The Labute approximate surface area is 93.2 Å². The lowest BCUT2D eigenvalue weighted by Crippen LogP contribution is -1.67. The summed E-state index contributed by atoms with van der Waals surface area (Å²) >= 11 is 0. The monoisotopic (exact) mass is 209 g/mol. The fraction of sp³-hybridized carbons (Fsp3) is 0. The van der Waals surface area contributed by atoms with Gasteiger partial charge in [0, 0.05) is 0 Å². The highest BCUT2D eigenvalue weighted by Gasteiger charge is 1.97. The van der Waals surface area contributed by atoms with Gasteiger partial charge in [-0.3, -0.25) is 0 Å². The van der Waals surface area contributed by atoms with Crippen LogP contribution in [0, 0.1) is 0 Å². The molecule has 0 aliphatic rings. The van der Waals surface area contributed by atoms with E-state index in [0.29, 0.717) is 11.4 Å². The molecule has 77 valence electrons. The Kier molecular flexibility index (Phi) is 3.13. The second-order valence-electron chi connectivity index (χ2n) is 3.12. The molecule has 0 spiro atoms. The maximum absolute atomic E-state index is 8.74. The first kappa shape index (κ1) is 10.2. The van der Waals surface area contributed by atoms with Gasteiger partial charge in [0.2, 0.25) is 0 Å².